The Morgan fingerprint density at radius 1 is 1.13 bits per heavy atom. The number of unbranched alkanes of at least 4 members (excludes halogenated alkanes) is 2. The molecule has 3 aromatic rings. The van der Waals surface area contributed by atoms with Crippen LogP contribution < -0.4 is 10.5 Å². The number of benzene rings is 2. The van der Waals surface area contributed by atoms with Crippen LogP contribution in [-0.2, 0) is 13.0 Å². The van der Waals surface area contributed by atoms with Crippen LogP contribution in [0.3, 0.4) is 0 Å². The molecule has 1 amide bonds. The van der Waals surface area contributed by atoms with E-state index in [1.54, 1.807) is 25.3 Å². The number of aromatic hydroxyl groups is 1. The van der Waals surface area contributed by atoms with Gasteiger partial charge in [0.15, 0.2) is 0 Å². The fourth-order valence-corrected chi connectivity index (χ4v) is 4.09. The van der Waals surface area contributed by atoms with Gasteiger partial charge in [0.1, 0.15) is 11.5 Å². The molecule has 0 aliphatic carbocycles. The Morgan fingerprint density at radius 3 is 2.57 bits per heavy atom. The lowest BCUT2D eigenvalue weighted by atomic mass is 9.97. The van der Waals surface area contributed by atoms with Crippen LogP contribution in [0.25, 0.3) is 11.1 Å². The molecule has 0 unspecified atom stereocenters. The largest absolute Gasteiger partial charge is 0.508 e. The molecule has 0 atom stereocenters. The molecule has 0 aliphatic heterocycles. The number of para-hydroxylation sites is 1. The zero-order valence-electron chi connectivity index (χ0n) is 17.9. The number of rotatable bonds is 9. The van der Waals surface area contributed by atoms with Crippen LogP contribution in [0, 0.1) is 6.92 Å². The molecule has 0 radical (unpaired) electrons. The van der Waals surface area contributed by atoms with Crippen molar-refractivity contribution in [2.24, 2.45) is 5.73 Å². The van der Waals surface area contributed by atoms with E-state index in [1.165, 1.54) is 0 Å². The summed E-state index contributed by atoms with van der Waals surface area (Å²) in [4.78, 5) is 12.5. The lowest BCUT2D eigenvalue weighted by Gasteiger charge is -2.15. The van der Waals surface area contributed by atoms with Crippen molar-refractivity contribution in [1.29, 1.82) is 0 Å². The van der Waals surface area contributed by atoms with Gasteiger partial charge < -0.3 is 20.1 Å². The van der Waals surface area contributed by atoms with Gasteiger partial charge in [-0.05, 0) is 43.5 Å². The Morgan fingerprint density at radius 2 is 1.90 bits per heavy atom. The van der Waals surface area contributed by atoms with E-state index < -0.39 is 5.91 Å². The minimum atomic E-state index is -0.457. The van der Waals surface area contributed by atoms with Crippen LogP contribution >= 0.6 is 0 Å². The molecule has 0 saturated heterocycles. The molecule has 0 fully saturated rings. The number of amides is 1. The summed E-state index contributed by atoms with van der Waals surface area (Å²) in [6.07, 6.45) is 4.04. The number of nitrogens with zero attached hydrogens (tertiary/aromatic N) is 1. The minimum Gasteiger partial charge on any atom is -0.508 e. The summed E-state index contributed by atoms with van der Waals surface area (Å²) >= 11 is 0. The van der Waals surface area contributed by atoms with Crippen LogP contribution in [0.4, 0.5) is 0 Å². The highest BCUT2D eigenvalue weighted by molar-refractivity contribution is 6.02. The number of phenols is 1. The second-order valence-corrected chi connectivity index (χ2v) is 7.55. The van der Waals surface area contributed by atoms with Crippen LogP contribution in [0.2, 0.25) is 0 Å². The summed E-state index contributed by atoms with van der Waals surface area (Å²) in [5.74, 6) is 0.517. The molecule has 2 aromatic carbocycles. The van der Waals surface area contributed by atoms with E-state index in [4.69, 9.17) is 10.5 Å². The number of carbonyl (C=O) groups is 1. The number of methoxy groups -OCH3 is 1. The van der Waals surface area contributed by atoms with Gasteiger partial charge in [0.25, 0.3) is 5.91 Å². The fraction of sp³-hybridized carbons (Fsp3) is 0.320. The molecular formula is C25H30N2O3. The summed E-state index contributed by atoms with van der Waals surface area (Å²) in [5.41, 5.74) is 10.9. The monoisotopic (exact) mass is 406 g/mol. The third kappa shape index (κ3) is 4.35. The van der Waals surface area contributed by atoms with E-state index in [1.807, 2.05) is 37.3 Å². The molecule has 0 aliphatic rings. The van der Waals surface area contributed by atoms with Crippen LogP contribution in [0.1, 0.15) is 53.5 Å². The van der Waals surface area contributed by atoms with Crippen molar-refractivity contribution in [1.82, 2.24) is 4.57 Å². The average molecular weight is 407 g/mol. The Labute approximate surface area is 178 Å². The fourth-order valence-electron chi connectivity index (χ4n) is 4.09. The summed E-state index contributed by atoms with van der Waals surface area (Å²) in [6, 6.07) is 14.9. The predicted molar refractivity (Wildman–Crippen MR) is 120 cm³/mol. The smallest absolute Gasteiger partial charge is 0.251 e. The third-order valence-corrected chi connectivity index (χ3v) is 5.55. The molecular weight excluding hydrogens is 376 g/mol. The number of hydrogen-bond acceptors (Lipinski definition) is 3. The van der Waals surface area contributed by atoms with Crippen molar-refractivity contribution >= 4 is 5.91 Å². The number of nitrogens with two attached hydrogens (primary N) is 1. The van der Waals surface area contributed by atoms with Crippen molar-refractivity contribution in [3.63, 3.8) is 0 Å². The molecule has 0 saturated carbocycles. The Bertz CT molecular complexity index is 1040. The third-order valence-electron chi connectivity index (χ3n) is 5.55. The molecule has 3 N–H and O–H groups in total. The van der Waals surface area contributed by atoms with Gasteiger partial charge in [-0.25, -0.2) is 0 Å². The molecule has 1 heterocycles. The van der Waals surface area contributed by atoms with E-state index in [0.717, 1.165) is 59.5 Å². The van der Waals surface area contributed by atoms with Crippen LogP contribution in [-0.4, -0.2) is 22.7 Å². The first kappa shape index (κ1) is 21.5. The first-order chi connectivity index (χ1) is 14.5. The van der Waals surface area contributed by atoms with Gasteiger partial charge in [-0.1, -0.05) is 50.1 Å². The molecule has 0 spiro atoms. The SMILES string of the molecule is CCCCCc1c(-c2cccc(O)c2)c(C(N)=O)c(C)n1Cc1ccccc1OC. The molecule has 5 nitrogen and oxygen atoms in total. The van der Waals surface area contributed by atoms with Gasteiger partial charge in [-0.2, -0.15) is 0 Å². The van der Waals surface area contributed by atoms with E-state index in [9.17, 15) is 9.90 Å². The highest BCUT2D eigenvalue weighted by atomic mass is 16.5. The molecule has 30 heavy (non-hydrogen) atoms. The summed E-state index contributed by atoms with van der Waals surface area (Å²) < 4.78 is 7.72. The molecule has 1 aromatic heterocycles. The van der Waals surface area contributed by atoms with Gasteiger partial charge in [-0.3, -0.25) is 4.79 Å². The van der Waals surface area contributed by atoms with Crippen molar-refractivity contribution < 1.29 is 14.6 Å². The number of carbonyl (C=O) groups excluding carboxylic acids is 1. The molecule has 3 rings (SSSR count). The lowest BCUT2D eigenvalue weighted by Crippen LogP contribution is -2.13. The Hall–Kier alpha value is -3.21. The predicted octanol–water partition coefficient (Wildman–Crippen LogP) is 5.06. The Balaban J connectivity index is 2.22. The van der Waals surface area contributed by atoms with E-state index in [2.05, 4.69) is 11.5 Å². The second kappa shape index (κ2) is 9.53. The highest BCUT2D eigenvalue weighted by Gasteiger charge is 2.25. The zero-order valence-corrected chi connectivity index (χ0v) is 17.9. The van der Waals surface area contributed by atoms with Crippen molar-refractivity contribution in [2.45, 2.75) is 46.1 Å². The topological polar surface area (TPSA) is 77.5 Å². The highest BCUT2D eigenvalue weighted by Crippen LogP contribution is 2.36. The summed E-state index contributed by atoms with van der Waals surface area (Å²) in [7, 11) is 1.66. The first-order valence-electron chi connectivity index (χ1n) is 10.4. The maximum Gasteiger partial charge on any atom is 0.251 e. The number of phenolic OH excluding ortho intramolecular Hbond substituents is 1. The van der Waals surface area contributed by atoms with Gasteiger partial charge in [0, 0.05) is 22.5 Å². The average Bonchev–Trinajstić information content (AvgIpc) is 3.00. The maximum absolute atomic E-state index is 12.5. The number of ether oxygens (including phenoxy) is 1. The molecule has 5 heteroatoms. The first-order valence-corrected chi connectivity index (χ1v) is 10.4. The van der Waals surface area contributed by atoms with Gasteiger partial charge in [-0.15, -0.1) is 0 Å². The van der Waals surface area contributed by atoms with Gasteiger partial charge in [0.05, 0.1) is 19.2 Å². The van der Waals surface area contributed by atoms with Crippen molar-refractivity contribution in [2.75, 3.05) is 7.11 Å². The molecule has 158 valence electrons. The van der Waals surface area contributed by atoms with E-state index >= 15 is 0 Å². The standard InChI is InChI=1S/C25H30N2O3/c1-4-5-6-13-21-24(18-11-9-12-20(28)15-18)23(25(26)29)17(2)27(21)16-19-10-7-8-14-22(19)30-3/h7-12,14-15,28H,4-6,13,16H2,1-3H3,(H2,26,29). The summed E-state index contributed by atoms with van der Waals surface area (Å²) in [6.45, 7) is 4.69. The number of hydrogen-bond donors (Lipinski definition) is 2. The van der Waals surface area contributed by atoms with E-state index in [0.29, 0.717) is 12.1 Å². The number of primary amides is 1. The van der Waals surface area contributed by atoms with E-state index in [-0.39, 0.29) is 5.75 Å². The number of aromatic nitrogens is 1. The Kier molecular flexibility index (Phi) is 6.83. The van der Waals surface area contributed by atoms with Gasteiger partial charge in [0.2, 0.25) is 0 Å². The van der Waals surface area contributed by atoms with Crippen molar-refractivity contribution in [3.05, 3.63) is 71.0 Å². The van der Waals surface area contributed by atoms with Crippen LogP contribution in [0.5, 0.6) is 11.5 Å². The minimum absolute atomic E-state index is 0.164. The zero-order chi connectivity index (χ0) is 21.7. The second-order valence-electron chi connectivity index (χ2n) is 7.55. The summed E-state index contributed by atoms with van der Waals surface area (Å²) in [5, 5.41) is 10.0. The lowest BCUT2D eigenvalue weighted by molar-refractivity contribution is 0.1000. The maximum atomic E-state index is 12.5. The van der Waals surface area contributed by atoms with Crippen molar-refractivity contribution in [3.8, 4) is 22.6 Å². The normalized spacial score (nSPS) is 10.9. The molecule has 0 bridgehead atoms. The quantitative estimate of drug-likeness (QED) is 0.488. The van der Waals surface area contributed by atoms with Crippen LogP contribution in [0.15, 0.2) is 48.5 Å². The van der Waals surface area contributed by atoms with Gasteiger partial charge >= 0.3 is 0 Å².